The molecular formula is C40H38CoN6O6. The van der Waals surface area contributed by atoms with Crippen molar-refractivity contribution in [3.8, 4) is 23.1 Å². The maximum atomic E-state index is 11.3. The largest absolute Gasteiger partial charge is 0.493 e. The molecule has 0 spiro atoms. The molecule has 0 saturated carbocycles. The van der Waals surface area contributed by atoms with Gasteiger partial charge in [0.15, 0.2) is 0 Å². The van der Waals surface area contributed by atoms with Gasteiger partial charge in [0.05, 0.1) is 56.4 Å². The summed E-state index contributed by atoms with van der Waals surface area (Å²) in [7, 11) is 0. The average Bonchev–Trinajstić information content (AvgIpc) is 3.54. The van der Waals surface area contributed by atoms with Crippen molar-refractivity contribution < 1.29 is 46.8 Å². The van der Waals surface area contributed by atoms with Gasteiger partial charge in [-0.05, 0) is 89.1 Å². The van der Waals surface area contributed by atoms with E-state index in [-0.39, 0.29) is 39.7 Å². The van der Waals surface area contributed by atoms with E-state index in [1.54, 1.807) is 50.2 Å². The predicted molar refractivity (Wildman–Crippen MR) is 200 cm³/mol. The molecule has 12 nitrogen and oxygen atoms in total. The van der Waals surface area contributed by atoms with Crippen LogP contribution < -0.4 is 0 Å². The van der Waals surface area contributed by atoms with Gasteiger partial charge >= 0.3 is 11.9 Å². The van der Waals surface area contributed by atoms with Gasteiger partial charge < -0.3 is 20.4 Å². The Balaban J connectivity index is 0.000000232. The van der Waals surface area contributed by atoms with E-state index in [0.717, 1.165) is 33.6 Å². The maximum Gasteiger partial charge on any atom is 0.337 e. The zero-order valence-electron chi connectivity index (χ0n) is 29.9. The molecule has 0 unspecified atom stereocenters. The van der Waals surface area contributed by atoms with E-state index < -0.39 is 11.9 Å². The van der Waals surface area contributed by atoms with Crippen molar-refractivity contribution in [1.82, 2.24) is 19.6 Å². The number of aliphatic imine (C=N–C) groups is 2. The molecule has 13 heteroatoms. The smallest absolute Gasteiger partial charge is 0.337 e. The molecule has 0 atom stereocenters. The number of benzene rings is 4. The van der Waals surface area contributed by atoms with E-state index in [4.69, 9.17) is 0 Å². The van der Waals surface area contributed by atoms with Gasteiger partial charge in [-0.3, -0.25) is 9.98 Å². The first-order valence-electron chi connectivity index (χ1n) is 16.2. The van der Waals surface area contributed by atoms with E-state index in [1.807, 2.05) is 64.1 Å². The minimum atomic E-state index is -1.05. The van der Waals surface area contributed by atoms with Crippen LogP contribution in [0, 0.1) is 41.5 Å². The molecule has 2 heterocycles. The Hall–Kier alpha value is -6.31. The number of aromatic hydroxyl groups is 2. The first kappa shape index (κ1) is 39.5. The zero-order chi connectivity index (χ0) is 37.7. The standard InChI is InChI=1S/2C20H19N3O3.Co/c2*1-12-8-9-18(13(2)10-12)23-19(24)16(14(3)22-23)11-21-17-7-5-4-6-15(17)20(25)26;/h2*4-11,24H,1-3H3,(H,25,26);. The molecule has 6 rings (SSSR count). The molecule has 4 N–H and O–H groups in total. The average molecular weight is 758 g/mol. The molecule has 273 valence electrons. The van der Waals surface area contributed by atoms with E-state index in [9.17, 15) is 30.0 Å². The number of para-hydroxylation sites is 2. The van der Waals surface area contributed by atoms with Crippen LogP contribution in [-0.4, -0.2) is 64.4 Å². The van der Waals surface area contributed by atoms with E-state index in [0.29, 0.717) is 33.9 Å². The molecule has 2 aromatic heterocycles. The van der Waals surface area contributed by atoms with Crippen LogP contribution in [-0.2, 0) is 16.8 Å². The number of hydrogen-bond donors (Lipinski definition) is 4. The summed E-state index contributed by atoms with van der Waals surface area (Å²) >= 11 is 0. The second-order valence-corrected chi connectivity index (χ2v) is 12.2. The summed E-state index contributed by atoms with van der Waals surface area (Å²) in [5, 5.41) is 48.5. The molecular weight excluding hydrogens is 719 g/mol. The van der Waals surface area contributed by atoms with Gasteiger partial charge in [-0.2, -0.15) is 10.2 Å². The van der Waals surface area contributed by atoms with Crippen LogP contribution in [0.1, 0.15) is 65.5 Å². The maximum absolute atomic E-state index is 11.3. The number of carboxylic acid groups (broad SMARTS) is 2. The summed E-state index contributed by atoms with van der Waals surface area (Å²) < 4.78 is 2.93. The molecule has 0 bridgehead atoms. The van der Waals surface area contributed by atoms with Gasteiger partial charge in [0.2, 0.25) is 11.8 Å². The van der Waals surface area contributed by atoms with Crippen LogP contribution in [0.5, 0.6) is 11.8 Å². The van der Waals surface area contributed by atoms with E-state index >= 15 is 0 Å². The third-order valence-corrected chi connectivity index (χ3v) is 8.26. The number of aryl methyl sites for hydroxylation is 6. The van der Waals surface area contributed by atoms with Crippen LogP contribution in [0.3, 0.4) is 0 Å². The Morgan fingerprint density at radius 2 is 0.943 bits per heavy atom. The first-order valence-corrected chi connectivity index (χ1v) is 16.2. The summed E-state index contributed by atoms with van der Waals surface area (Å²) in [6, 6.07) is 24.7. The van der Waals surface area contributed by atoms with Crippen molar-refractivity contribution in [2.75, 3.05) is 0 Å². The van der Waals surface area contributed by atoms with E-state index in [2.05, 4.69) is 20.2 Å². The fraction of sp³-hybridized carbons (Fsp3) is 0.150. The SMILES string of the molecule is Cc1ccc(-n2nc(C)c(C=Nc3ccccc3C(=O)O)c2O)c(C)c1.Cc1ccc(-n2nc(C)c(C=Nc3ccccc3C(=O)O)c2O)c(C)c1.[Co]. The molecule has 0 saturated heterocycles. The van der Waals surface area contributed by atoms with Crippen molar-refractivity contribution in [1.29, 1.82) is 0 Å². The summed E-state index contributed by atoms with van der Waals surface area (Å²) in [5.74, 6) is -2.17. The van der Waals surface area contributed by atoms with Gasteiger partial charge in [0.1, 0.15) is 0 Å². The Kier molecular flexibility index (Phi) is 12.5. The minimum absolute atomic E-state index is 0. The van der Waals surface area contributed by atoms with E-state index in [1.165, 1.54) is 33.9 Å². The van der Waals surface area contributed by atoms with Gasteiger partial charge in [0, 0.05) is 29.2 Å². The monoisotopic (exact) mass is 757 g/mol. The number of hydrogen-bond acceptors (Lipinski definition) is 8. The van der Waals surface area contributed by atoms with Gasteiger partial charge in [0.25, 0.3) is 0 Å². The summed E-state index contributed by atoms with van der Waals surface area (Å²) in [4.78, 5) is 31.1. The fourth-order valence-electron chi connectivity index (χ4n) is 5.58. The number of carboxylic acids is 2. The van der Waals surface area contributed by atoms with Gasteiger partial charge in [-0.25, -0.2) is 19.0 Å². The Morgan fingerprint density at radius 3 is 1.28 bits per heavy atom. The number of rotatable bonds is 8. The fourth-order valence-corrected chi connectivity index (χ4v) is 5.58. The zero-order valence-corrected chi connectivity index (χ0v) is 30.9. The molecule has 53 heavy (non-hydrogen) atoms. The van der Waals surface area contributed by atoms with Crippen LogP contribution in [0.15, 0.2) is 94.9 Å². The Bertz CT molecular complexity index is 2210. The molecule has 6 aromatic rings. The summed E-state index contributed by atoms with van der Waals surface area (Å²) in [5.41, 5.74) is 8.71. The molecule has 0 aliphatic rings. The predicted octanol–water partition coefficient (Wildman–Crippen LogP) is 7.90. The van der Waals surface area contributed by atoms with Crippen molar-refractivity contribution in [3.63, 3.8) is 0 Å². The van der Waals surface area contributed by atoms with Crippen molar-refractivity contribution in [2.45, 2.75) is 41.5 Å². The Labute approximate surface area is 316 Å². The van der Waals surface area contributed by atoms with Crippen LogP contribution in [0.4, 0.5) is 11.4 Å². The second kappa shape index (κ2) is 16.8. The molecule has 1 radical (unpaired) electrons. The number of aromatic carboxylic acids is 2. The quantitative estimate of drug-likeness (QED) is 0.113. The topological polar surface area (TPSA) is 175 Å². The van der Waals surface area contributed by atoms with Crippen molar-refractivity contribution in [3.05, 3.63) is 141 Å². The van der Waals surface area contributed by atoms with Gasteiger partial charge in [-0.15, -0.1) is 0 Å². The molecule has 0 amide bonds. The first-order chi connectivity index (χ1) is 24.8. The molecule has 4 aromatic carbocycles. The Morgan fingerprint density at radius 1 is 0.585 bits per heavy atom. The van der Waals surface area contributed by atoms with Crippen molar-refractivity contribution >= 4 is 35.7 Å². The number of aromatic nitrogens is 4. The third-order valence-electron chi connectivity index (χ3n) is 8.26. The minimum Gasteiger partial charge on any atom is -0.493 e. The van der Waals surface area contributed by atoms with Gasteiger partial charge in [-0.1, -0.05) is 59.7 Å². The number of carbonyl (C=O) groups is 2. The molecule has 0 aliphatic carbocycles. The number of nitrogens with zero attached hydrogens (tertiary/aromatic N) is 6. The van der Waals surface area contributed by atoms with Crippen molar-refractivity contribution in [2.24, 2.45) is 9.98 Å². The molecule has 0 aliphatic heterocycles. The summed E-state index contributed by atoms with van der Waals surface area (Å²) in [6.45, 7) is 11.5. The van der Waals surface area contributed by atoms with Crippen LogP contribution in [0.2, 0.25) is 0 Å². The third kappa shape index (κ3) is 8.77. The van der Waals surface area contributed by atoms with Crippen LogP contribution in [0.25, 0.3) is 11.4 Å². The second-order valence-electron chi connectivity index (χ2n) is 12.2. The summed E-state index contributed by atoms with van der Waals surface area (Å²) in [6.07, 6.45) is 2.89. The molecule has 0 fully saturated rings. The van der Waals surface area contributed by atoms with Crippen LogP contribution >= 0.6 is 0 Å². The normalized spacial score (nSPS) is 11.0.